The number of hydrogen-bond donors (Lipinski definition) is 1. The van der Waals surface area contributed by atoms with E-state index in [0.29, 0.717) is 6.42 Å². The van der Waals surface area contributed by atoms with Crippen molar-refractivity contribution in [3.8, 4) is 0 Å². The second-order valence-corrected chi connectivity index (χ2v) is 6.93. The molecule has 1 saturated heterocycles. The van der Waals surface area contributed by atoms with E-state index in [1.54, 1.807) is 4.90 Å². The Morgan fingerprint density at radius 1 is 1.12 bits per heavy atom. The van der Waals surface area contributed by atoms with Crippen molar-refractivity contribution < 1.29 is 14.4 Å². The van der Waals surface area contributed by atoms with Crippen molar-refractivity contribution in [1.82, 2.24) is 15.1 Å². The smallest absolute Gasteiger partial charge is 0.325 e. The van der Waals surface area contributed by atoms with Gasteiger partial charge in [0.1, 0.15) is 12.1 Å². The van der Waals surface area contributed by atoms with Gasteiger partial charge in [-0.1, -0.05) is 37.3 Å². The van der Waals surface area contributed by atoms with E-state index in [2.05, 4.69) is 5.32 Å². The molecule has 0 aliphatic carbocycles. The second-order valence-electron chi connectivity index (χ2n) is 6.93. The van der Waals surface area contributed by atoms with Crippen molar-refractivity contribution in [1.29, 1.82) is 0 Å². The summed E-state index contributed by atoms with van der Waals surface area (Å²) >= 11 is 0. The summed E-state index contributed by atoms with van der Waals surface area (Å²) in [5, 5.41) is 2.80. The second kappa shape index (κ2) is 7.25. The summed E-state index contributed by atoms with van der Waals surface area (Å²) in [5.74, 6) is -0.597. The zero-order chi connectivity index (χ0) is 18.8. The average Bonchev–Trinajstić information content (AvgIpc) is 2.80. The van der Waals surface area contributed by atoms with Crippen LogP contribution in [0.1, 0.15) is 46.6 Å². The van der Waals surface area contributed by atoms with E-state index in [4.69, 9.17) is 0 Å². The van der Waals surface area contributed by atoms with E-state index >= 15 is 0 Å². The molecule has 0 saturated carbocycles. The molecule has 1 aromatic carbocycles. The number of carbonyl (C=O) groups excluding carboxylic acids is 3. The van der Waals surface area contributed by atoms with Crippen LogP contribution in [0.3, 0.4) is 0 Å². The molecule has 6 heteroatoms. The van der Waals surface area contributed by atoms with Crippen molar-refractivity contribution in [3.63, 3.8) is 0 Å². The summed E-state index contributed by atoms with van der Waals surface area (Å²) in [6.45, 7) is 9.29. The molecule has 1 aliphatic heterocycles. The Bertz CT molecular complexity index is 649. The summed E-state index contributed by atoms with van der Waals surface area (Å²) in [6, 6.07) is 8.65. The molecule has 0 spiro atoms. The Hall–Kier alpha value is -2.37. The van der Waals surface area contributed by atoms with Gasteiger partial charge in [0.05, 0.1) is 0 Å². The largest absolute Gasteiger partial charge is 0.336 e. The highest BCUT2D eigenvalue weighted by molar-refractivity contribution is 6.09. The summed E-state index contributed by atoms with van der Waals surface area (Å²) in [6.07, 6.45) is 0.421. The van der Waals surface area contributed by atoms with Gasteiger partial charge in [-0.15, -0.1) is 0 Å². The quantitative estimate of drug-likeness (QED) is 0.805. The van der Waals surface area contributed by atoms with Crippen LogP contribution in [0, 0.1) is 0 Å². The summed E-state index contributed by atoms with van der Waals surface area (Å²) in [5.41, 5.74) is -0.366. The molecule has 0 radical (unpaired) electrons. The first-order valence-corrected chi connectivity index (χ1v) is 8.75. The maximum Gasteiger partial charge on any atom is 0.325 e. The molecule has 1 heterocycles. The minimum atomic E-state index is -1.10. The number of imide groups is 1. The molecule has 1 atom stereocenters. The highest BCUT2D eigenvalue weighted by Gasteiger charge is 2.51. The van der Waals surface area contributed by atoms with Crippen LogP contribution in [0.25, 0.3) is 0 Å². The molecule has 0 unspecified atom stereocenters. The molecule has 4 amide bonds. The molecule has 1 N–H and O–H groups in total. The molecular weight excluding hydrogens is 318 g/mol. The fourth-order valence-electron chi connectivity index (χ4n) is 3.52. The predicted molar refractivity (Wildman–Crippen MR) is 95.8 cm³/mol. The highest BCUT2D eigenvalue weighted by atomic mass is 16.2. The minimum absolute atomic E-state index is 0.00155. The molecule has 0 aromatic heterocycles. The van der Waals surface area contributed by atoms with E-state index in [1.165, 1.54) is 0 Å². The first-order chi connectivity index (χ1) is 11.7. The van der Waals surface area contributed by atoms with Crippen molar-refractivity contribution in [2.24, 2.45) is 0 Å². The van der Waals surface area contributed by atoms with Gasteiger partial charge in [-0.05, 0) is 39.7 Å². The SMILES string of the molecule is CC[C@]1(c2ccccc2)NC(=O)N(CC(=O)N(C(C)C)C(C)C)C1=O. The zero-order valence-electron chi connectivity index (χ0n) is 15.6. The first-order valence-electron chi connectivity index (χ1n) is 8.75. The molecule has 1 aromatic rings. The Labute approximate surface area is 149 Å². The number of nitrogens with zero attached hydrogens (tertiary/aromatic N) is 2. The van der Waals surface area contributed by atoms with Gasteiger partial charge < -0.3 is 10.2 Å². The third kappa shape index (κ3) is 3.38. The summed E-state index contributed by atoms with van der Waals surface area (Å²) in [4.78, 5) is 40.9. The van der Waals surface area contributed by atoms with Crippen LogP contribution in [-0.2, 0) is 15.1 Å². The van der Waals surface area contributed by atoms with E-state index in [-0.39, 0.29) is 30.4 Å². The molecule has 1 fully saturated rings. The molecular formula is C19H27N3O3. The first kappa shape index (κ1) is 19.0. The number of hydrogen-bond acceptors (Lipinski definition) is 3. The van der Waals surface area contributed by atoms with Crippen LogP contribution in [0.4, 0.5) is 4.79 Å². The van der Waals surface area contributed by atoms with E-state index in [1.807, 2.05) is 65.0 Å². The van der Waals surface area contributed by atoms with Crippen LogP contribution in [0.15, 0.2) is 30.3 Å². The number of rotatable bonds is 6. The molecule has 2 rings (SSSR count). The zero-order valence-corrected chi connectivity index (χ0v) is 15.6. The fourth-order valence-corrected chi connectivity index (χ4v) is 3.52. The van der Waals surface area contributed by atoms with Crippen molar-refractivity contribution in [2.45, 2.75) is 58.7 Å². The van der Waals surface area contributed by atoms with Gasteiger partial charge in [0.15, 0.2) is 0 Å². The van der Waals surface area contributed by atoms with Crippen molar-refractivity contribution in [3.05, 3.63) is 35.9 Å². The normalized spacial score (nSPS) is 20.4. The third-order valence-electron chi connectivity index (χ3n) is 4.67. The van der Waals surface area contributed by atoms with Crippen LogP contribution in [0.5, 0.6) is 0 Å². The van der Waals surface area contributed by atoms with Gasteiger partial charge in [-0.2, -0.15) is 0 Å². The summed E-state index contributed by atoms with van der Waals surface area (Å²) in [7, 11) is 0. The van der Waals surface area contributed by atoms with Gasteiger partial charge in [-0.25, -0.2) is 4.79 Å². The van der Waals surface area contributed by atoms with Crippen LogP contribution in [-0.4, -0.2) is 46.3 Å². The maximum absolute atomic E-state index is 13.0. The van der Waals surface area contributed by atoms with E-state index in [0.717, 1.165) is 10.5 Å². The standard InChI is InChI=1S/C19H27N3O3/c1-6-19(15-10-8-7-9-11-15)17(24)21(18(25)20-19)12-16(23)22(13(2)3)14(4)5/h7-11,13-14H,6,12H2,1-5H3,(H,20,25)/t19-/m1/s1. The lowest BCUT2D eigenvalue weighted by Crippen LogP contribution is -2.49. The van der Waals surface area contributed by atoms with Crippen molar-refractivity contribution >= 4 is 17.8 Å². The number of carbonyl (C=O) groups is 3. The van der Waals surface area contributed by atoms with Crippen molar-refractivity contribution in [2.75, 3.05) is 6.54 Å². The maximum atomic E-state index is 13.0. The average molecular weight is 345 g/mol. The Morgan fingerprint density at radius 2 is 1.68 bits per heavy atom. The van der Waals surface area contributed by atoms with Gasteiger partial charge >= 0.3 is 6.03 Å². The Balaban J connectivity index is 2.28. The van der Waals surface area contributed by atoms with Crippen LogP contribution in [0.2, 0.25) is 0 Å². The summed E-state index contributed by atoms with van der Waals surface area (Å²) < 4.78 is 0. The Kier molecular flexibility index (Phi) is 5.50. The predicted octanol–water partition coefficient (Wildman–Crippen LogP) is 2.49. The molecule has 6 nitrogen and oxygen atoms in total. The molecule has 1 aliphatic rings. The third-order valence-corrected chi connectivity index (χ3v) is 4.67. The molecule has 136 valence electrons. The van der Waals surface area contributed by atoms with E-state index < -0.39 is 11.6 Å². The monoisotopic (exact) mass is 345 g/mol. The van der Waals surface area contributed by atoms with Crippen LogP contribution >= 0.6 is 0 Å². The molecule has 25 heavy (non-hydrogen) atoms. The Morgan fingerprint density at radius 3 is 2.16 bits per heavy atom. The number of benzene rings is 1. The number of amides is 4. The lowest BCUT2D eigenvalue weighted by molar-refractivity contribution is -0.141. The number of urea groups is 1. The topological polar surface area (TPSA) is 69.7 Å². The van der Waals surface area contributed by atoms with Gasteiger partial charge in [0.2, 0.25) is 5.91 Å². The lowest BCUT2D eigenvalue weighted by atomic mass is 9.87. The number of nitrogens with one attached hydrogen (secondary N) is 1. The minimum Gasteiger partial charge on any atom is -0.336 e. The van der Waals surface area contributed by atoms with Crippen LogP contribution < -0.4 is 5.32 Å². The van der Waals surface area contributed by atoms with E-state index in [9.17, 15) is 14.4 Å². The van der Waals surface area contributed by atoms with Gasteiger partial charge in [0, 0.05) is 12.1 Å². The molecule has 0 bridgehead atoms. The highest BCUT2D eigenvalue weighted by Crippen LogP contribution is 2.32. The lowest BCUT2D eigenvalue weighted by Gasteiger charge is -2.32. The van der Waals surface area contributed by atoms with Gasteiger partial charge in [-0.3, -0.25) is 14.5 Å². The van der Waals surface area contributed by atoms with Gasteiger partial charge in [0.25, 0.3) is 5.91 Å². The fraction of sp³-hybridized carbons (Fsp3) is 0.526.